The first-order chi connectivity index (χ1) is 22.3. The molecule has 1 fully saturated rings. The van der Waals surface area contributed by atoms with E-state index < -0.39 is 29.3 Å². The molecule has 1 unspecified atom stereocenters. The van der Waals surface area contributed by atoms with E-state index in [1.807, 2.05) is 45.6 Å². The Morgan fingerprint density at radius 1 is 1.17 bits per heavy atom. The molecule has 2 aromatic heterocycles. The third kappa shape index (κ3) is 8.88. The molecular weight excluding hydrogens is 606 g/mol. The van der Waals surface area contributed by atoms with Gasteiger partial charge in [0.15, 0.2) is 11.5 Å². The molecule has 3 aromatic rings. The first kappa shape index (κ1) is 35.4. The van der Waals surface area contributed by atoms with Crippen LogP contribution in [0.25, 0.3) is 16.9 Å². The van der Waals surface area contributed by atoms with Gasteiger partial charge in [-0.15, -0.1) is 0 Å². The average Bonchev–Trinajstić information content (AvgIpc) is 3.60. The summed E-state index contributed by atoms with van der Waals surface area (Å²) in [6.45, 7) is 10.5. The normalized spacial score (nSPS) is 15.8. The second-order valence-corrected chi connectivity index (χ2v) is 12.8. The van der Waals surface area contributed by atoms with E-state index in [0.29, 0.717) is 37.2 Å². The van der Waals surface area contributed by atoms with Crippen LogP contribution in [0.1, 0.15) is 90.3 Å². The van der Waals surface area contributed by atoms with E-state index in [-0.39, 0.29) is 47.8 Å². The fourth-order valence-corrected chi connectivity index (χ4v) is 5.65. The number of methoxy groups -OCH3 is 1. The molecule has 1 aromatic carbocycles. The van der Waals surface area contributed by atoms with Crippen molar-refractivity contribution in [2.75, 3.05) is 32.5 Å². The number of amides is 1. The zero-order valence-electron chi connectivity index (χ0n) is 28.2. The maximum absolute atomic E-state index is 13.4. The number of anilines is 1. The number of unbranched alkanes of at least 4 members (excludes halogenated alkanes) is 1. The molecule has 4 N–H and O–H groups in total. The Morgan fingerprint density at radius 3 is 2.62 bits per heavy atom. The predicted molar refractivity (Wildman–Crippen MR) is 176 cm³/mol. The molecule has 0 aliphatic carbocycles. The summed E-state index contributed by atoms with van der Waals surface area (Å²) >= 11 is 0. The van der Waals surface area contributed by atoms with E-state index in [1.165, 1.54) is 11.7 Å². The van der Waals surface area contributed by atoms with Crippen LogP contribution in [0.4, 0.5) is 5.82 Å². The summed E-state index contributed by atoms with van der Waals surface area (Å²) in [7, 11) is 1.29. The second-order valence-electron chi connectivity index (χ2n) is 12.8. The van der Waals surface area contributed by atoms with Crippen molar-refractivity contribution in [3.63, 3.8) is 0 Å². The zero-order chi connectivity index (χ0) is 34.3. The van der Waals surface area contributed by atoms with Crippen LogP contribution in [-0.2, 0) is 30.3 Å². The molecule has 2 atom stereocenters. The number of carbonyl (C=O) groups excluding carboxylic acids is 3. The van der Waals surface area contributed by atoms with E-state index in [0.717, 1.165) is 31.2 Å². The average molecular weight is 654 g/mol. The second kappa shape index (κ2) is 15.4. The minimum atomic E-state index is -0.619. The topological polar surface area (TPSA) is 184 Å². The summed E-state index contributed by atoms with van der Waals surface area (Å²) in [6.07, 6.45) is 4.36. The number of imidazole rings is 1. The molecule has 47 heavy (non-hydrogen) atoms. The number of aromatic nitrogens is 4. The van der Waals surface area contributed by atoms with Crippen molar-refractivity contribution >= 4 is 34.8 Å². The lowest BCUT2D eigenvalue weighted by Gasteiger charge is -2.28. The van der Waals surface area contributed by atoms with Gasteiger partial charge < -0.3 is 30.2 Å². The number of esters is 2. The predicted octanol–water partition coefficient (Wildman–Crippen LogP) is 3.35. The Hall–Kier alpha value is -4.46. The Bertz CT molecular complexity index is 1640. The van der Waals surface area contributed by atoms with Crippen LogP contribution >= 0.6 is 0 Å². The van der Waals surface area contributed by atoms with Gasteiger partial charge in [-0.2, -0.15) is 9.97 Å². The van der Waals surface area contributed by atoms with Gasteiger partial charge in [0.2, 0.25) is 5.91 Å². The Labute approximate surface area is 274 Å². The highest BCUT2D eigenvalue weighted by Gasteiger charge is 2.35. The Kier molecular flexibility index (Phi) is 11.6. The molecule has 0 bridgehead atoms. The highest BCUT2D eigenvalue weighted by atomic mass is 16.6. The number of aromatic amines is 1. The number of nitrogens with one attached hydrogen (secondary N) is 2. The summed E-state index contributed by atoms with van der Waals surface area (Å²) < 4.78 is 17.6. The third-order valence-corrected chi connectivity index (χ3v) is 7.89. The molecule has 1 amide bonds. The number of hydrogen-bond acceptors (Lipinski definition) is 11. The van der Waals surface area contributed by atoms with Gasteiger partial charge in [-0.3, -0.25) is 19.3 Å². The molecule has 0 radical (unpaired) electrons. The van der Waals surface area contributed by atoms with E-state index in [9.17, 15) is 19.2 Å². The fraction of sp³-hybridized carbons (Fsp3) is 0.576. The van der Waals surface area contributed by atoms with E-state index in [1.54, 1.807) is 12.1 Å². The molecule has 14 heteroatoms. The Morgan fingerprint density at radius 2 is 1.94 bits per heavy atom. The summed E-state index contributed by atoms with van der Waals surface area (Å²) in [5.74, 6) is -1.01. The summed E-state index contributed by atoms with van der Waals surface area (Å²) in [4.78, 5) is 65.4. The van der Waals surface area contributed by atoms with Crippen molar-refractivity contribution in [3.05, 3.63) is 39.8 Å². The minimum absolute atomic E-state index is 0.0320. The monoisotopic (exact) mass is 653 g/mol. The smallest absolute Gasteiger partial charge is 0.332 e. The number of benzene rings is 1. The van der Waals surface area contributed by atoms with Crippen LogP contribution in [0.3, 0.4) is 0 Å². The number of nitrogens with zero attached hydrogens (tertiary/aromatic N) is 4. The summed E-state index contributed by atoms with van der Waals surface area (Å²) in [5, 5.41) is 3.13. The Balaban J connectivity index is 1.68. The van der Waals surface area contributed by atoms with Crippen LogP contribution in [-0.4, -0.2) is 80.7 Å². The molecule has 4 rings (SSSR count). The molecule has 0 spiro atoms. The SMILES string of the molecule is CCCCOc1nc(N)c2[nH]c(=O)n(-c3cc(C(CCC)NC(=O)CN4CCC[C@H]4C(=O)OC(C)(C)C)ccc3CC(=O)OC)c2n1. The lowest BCUT2D eigenvalue weighted by molar-refractivity contribution is -0.160. The van der Waals surface area contributed by atoms with Crippen LogP contribution in [0.15, 0.2) is 23.0 Å². The van der Waals surface area contributed by atoms with E-state index >= 15 is 0 Å². The van der Waals surface area contributed by atoms with Crippen LogP contribution < -0.4 is 21.5 Å². The number of ether oxygens (including phenoxy) is 3. The van der Waals surface area contributed by atoms with E-state index in [2.05, 4.69) is 20.3 Å². The molecule has 1 saturated heterocycles. The first-order valence-corrected chi connectivity index (χ1v) is 16.2. The summed E-state index contributed by atoms with van der Waals surface area (Å²) in [6, 6.07) is 4.46. The number of H-pyrrole nitrogens is 1. The lowest BCUT2D eigenvalue weighted by atomic mass is 9.98. The zero-order valence-corrected chi connectivity index (χ0v) is 28.2. The maximum atomic E-state index is 13.4. The molecule has 0 saturated carbocycles. The highest BCUT2D eigenvalue weighted by molar-refractivity contribution is 5.84. The summed E-state index contributed by atoms with van der Waals surface area (Å²) in [5.41, 5.74) is 7.06. The number of nitrogens with two attached hydrogens (primary N) is 1. The number of fused-ring (bicyclic) bond motifs is 1. The number of nitrogen functional groups attached to an aromatic ring is 1. The van der Waals surface area contributed by atoms with Gasteiger partial charge in [-0.25, -0.2) is 9.36 Å². The van der Waals surface area contributed by atoms with Crippen LogP contribution in [0.2, 0.25) is 0 Å². The van der Waals surface area contributed by atoms with Crippen molar-refractivity contribution in [3.8, 4) is 11.7 Å². The largest absolute Gasteiger partial charge is 0.469 e. The molecular formula is C33H47N7O7. The molecule has 14 nitrogen and oxygen atoms in total. The highest BCUT2D eigenvalue weighted by Crippen LogP contribution is 2.28. The van der Waals surface area contributed by atoms with Crippen LogP contribution in [0, 0.1) is 0 Å². The maximum Gasteiger partial charge on any atom is 0.332 e. The van der Waals surface area contributed by atoms with Gasteiger partial charge in [0, 0.05) is 0 Å². The van der Waals surface area contributed by atoms with Gasteiger partial charge in [-0.05, 0) is 70.2 Å². The van der Waals surface area contributed by atoms with Crippen LogP contribution in [0.5, 0.6) is 6.01 Å². The fourth-order valence-electron chi connectivity index (χ4n) is 5.65. The van der Waals surface area contributed by atoms with Crippen molar-refractivity contribution in [1.82, 2.24) is 29.7 Å². The van der Waals surface area contributed by atoms with Crippen molar-refractivity contribution in [2.45, 2.75) is 97.2 Å². The number of hydrogen-bond donors (Lipinski definition) is 3. The van der Waals surface area contributed by atoms with E-state index in [4.69, 9.17) is 19.9 Å². The van der Waals surface area contributed by atoms with Crippen molar-refractivity contribution in [1.29, 1.82) is 0 Å². The number of likely N-dealkylation sites (tertiary alicyclic amines) is 1. The van der Waals surface area contributed by atoms with Gasteiger partial charge in [-0.1, -0.05) is 38.8 Å². The minimum Gasteiger partial charge on any atom is -0.469 e. The first-order valence-electron chi connectivity index (χ1n) is 16.2. The standard InChI is InChI=1S/C33H47N7O7/c1-7-9-16-46-31-37-28(34)27-29(38-31)40(32(44)36-27)24-17-20(13-14-21(24)18-26(42)45-6)22(11-8-2)35-25(41)19-39-15-10-12-23(39)30(43)47-33(3,4)5/h13-14,17,22-23H,7-12,15-16,18-19H2,1-6H3,(H,35,41)(H,36,44)(H2,34,37,38)/t22?,23-/m0/s1. The molecule has 256 valence electrons. The quantitative estimate of drug-likeness (QED) is 0.171. The van der Waals surface area contributed by atoms with Gasteiger partial charge in [0.05, 0.1) is 38.4 Å². The molecule has 1 aliphatic heterocycles. The molecule has 3 heterocycles. The van der Waals surface area contributed by atoms with Gasteiger partial charge in [0.25, 0.3) is 0 Å². The van der Waals surface area contributed by atoms with Gasteiger partial charge in [0.1, 0.15) is 17.2 Å². The number of carbonyl (C=O) groups is 3. The third-order valence-electron chi connectivity index (χ3n) is 7.89. The lowest BCUT2D eigenvalue weighted by Crippen LogP contribution is -2.45. The molecule has 1 aliphatic rings. The van der Waals surface area contributed by atoms with Gasteiger partial charge >= 0.3 is 23.6 Å². The van der Waals surface area contributed by atoms with Crippen molar-refractivity contribution in [2.24, 2.45) is 0 Å². The van der Waals surface area contributed by atoms with Crippen molar-refractivity contribution < 1.29 is 28.6 Å². The number of rotatable bonds is 14.